The van der Waals surface area contributed by atoms with Crippen molar-refractivity contribution in [1.29, 1.82) is 0 Å². The third kappa shape index (κ3) is 4.25. The van der Waals surface area contributed by atoms with Crippen molar-refractivity contribution in [3.8, 4) is 0 Å². The van der Waals surface area contributed by atoms with E-state index in [4.69, 9.17) is 0 Å². The van der Waals surface area contributed by atoms with Crippen LogP contribution < -0.4 is 0 Å². The average molecular weight is 232 g/mol. The van der Waals surface area contributed by atoms with Crippen molar-refractivity contribution in [2.75, 3.05) is 0 Å². The van der Waals surface area contributed by atoms with Crippen molar-refractivity contribution in [2.45, 2.75) is 30.8 Å². The van der Waals surface area contributed by atoms with Crippen molar-refractivity contribution >= 4 is 32.6 Å². The summed E-state index contributed by atoms with van der Waals surface area (Å²) in [6.07, 6.45) is 2.59. The molecule has 1 radical (unpaired) electrons. The average Bonchev–Trinajstić information content (AvgIpc) is 2.20. The molecule has 0 N–H and O–H groups in total. The van der Waals surface area contributed by atoms with Gasteiger partial charge in [-0.05, 0) is 23.6 Å². The molecule has 1 fully saturated rings. The van der Waals surface area contributed by atoms with Gasteiger partial charge in [0.15, 0.2) is 0 Å². The summed E-state index contributed by atoms with van der Waals surface area (Å²) in [4.78, 5) is 0. The molecule has 1 aliphatic rings. The maximum atomic E-state index is 12.7. The van der Waals surface area contributed by atoms with E-state index >= 15 is 0 Å². The summed E-state index contributed by atoms with van der Waals surface area (Å²) in [5.41, 5.74) is 1.32. The second-order valence-corrected chi connectivity index (χ2v) is 5.08. The van der Waals surface area contributed by atoms with E-state index in [1.165, 1.54) is 30.5 Å². The quantitative estimate of drug-likeness (QED) is 0.514. The first-order valence-corrected chi connectivity index (χ1v) is 6.24. The zero-order valence-corrected chi connectivity index (χ0v) is 11.7. The molecule has 1 aromatic carbocycles. The second-order valence-electron chi connectivity index (χ2n) is 3.58. The van der Waals surface area contributed by atoms with Crippen LogP contribution in [-0.2, 0) is 0 Å². The van der Waals surface area contributed by atoms with Crippen molar-refractivity contribution < 1.29 is 4.39 Å². The van der Waals surface area contributed by atoms with E-state index in [0.29, 0.717) is 5.92 Å². The molecule has 1 aromatic rings. The van der Waals surface area contributed by atoms with E-state index in [0.717, 1.165) is 9.52 Å². The minimum Gasteiger partial charge on any atom is -0.429 e. The summed E-state index contributed by atoms with van der Waals surface area (Å²) in [5, 5.41) is 0. The molecule has 2 rings (SSSR count). The van der Waals surface area contributed by atoms with Crippen molar-refractivity contribution in [2.24, 2.45) is 0 Å². The molecule has 1 heterocycles. The summed E-state index contributed by atoms with van der Waals surface area (Å²) in [7, 11) is 1.16. The molecule has 1 aliphatic heterocycles. The van der Waals surface area contributed by atoms with Gasteiger partial charge in [0.25, 0.3) is 0 Å². The molecule has 1 saturated heterocycles. The fraction of sp³-hybridized carbons (Fsp3) is 0.417. The number of benzene rings is 1. The van der Waals surface area contributed by atoms with E-state index in [9.17, 15) is 4.39 Å². The van der Waals surface area contributed by atoms with Crippen molar-refractivity contribution in [3.63, 3.8) is 0 Å². The Balaban J connectivity index is 0.000000980. The van der Waals surface area contributed by atoms with Crippen LogP contribution in [0, 0.1) is 13.2 Å². The van der Waals surface area contributed by atoms with Gasteiger partial charge in [-0.25, -0.2) is 16.5 Å². The van der Waals surface area contributed by atoms with E-state index in [1.807, 2.05) is 12.1 Å². The molecule has 77 valence electrons. The van der Waals surface area contributed by atoms with Crippen molar-refractivity contribution in [1.82, 2.24) is 0 Å². The number of halogens is 1. The molecule has 3 heteroatoms. The monoisotopic (exact) mass is 231 g/mol. The summed E-state index contributed by atoms with van der Waals surface area (Å²) >= 11 is 0. The fourth-order valence-corrected chi connectivity index (χ4v) is 3.25. The minimum absolute atomic E-state index is 0. The van der Waals surface area contributed by atoms with Gasteiger partial charge in [0.2, 0.25) is 0 Å². The van der Waals surface area contributed by atoms with E-state index in [1.54, 1.807) is 12.1 Å². The number of hydrogen-bond donors (Lipinski definition) is 0. The second kappa shape index (κ2) is 7.41. The first kappa shape index (κ1) is 15.1. The Hall–Kier alpha value is 0.133. The van der Waals surface area contributed by atoms with Crippen LogP contribution in [0.2, 0.25) is 12.1 Å². The molecule has 0 unspecified atom stereocenters. The van der Waals surface area contributed by atoms with Gasteiger partial charge in [-0.3, -0.25) is 0 Å². The van der Waals surface area contributed by atoms with Crippen LogP contribution in [0.15, 0.2) is 24.3 Å². The largest absolute Gasteiger partial charge is 2.00 e. The molecular formula is C12H16FMgSi. The van der Waals surface area contributed by atoms with Crippen LogP contribution in [0.1, 0.15) is 24.3 Å². The predicted octanol–water partition coefficient (Wildman–Crippen LogP) is 3.31. The van der Waals surface area contributed by atoms with E-state index in [-0.39, 0.29) is 36.3 Å². The van der Waals surface area contributed by atoms with Gasteiger partial charge < -0.3 is 16.9 Å². The third-order valence-electron chi connectivity index (χ3n) is 2.68. The SMILES string of the molecule is Fc1ccc(C2CC[Si-]CC2)cc1.[CH3-].[Mg+2]. The zero-order chi connectivity index (χ0) is 9.10. The van der Waals surface area contributed by atoms with Crippen LogP contribution >= 0.6 is 0 Å². The Morgan fingerprint density at radius 2 is 1.60 bits per heavy atom. The summed E-state index contributed by atoms with van der Waals surface area (Å²) < 4.78 is 12.7. The van der Waals surface area contributed by atoms with Gasteiger partial charge >= 0.3 is 23.1 Å². The fourth-order valence-electron chi connectivity index (χ4n) is 1.89. The molecule has 0 atom stereocenters. The molecule has 0 nitrogen and oxygen atoms in total. The summed E-state index contributed by atoms with van der Waals surface area (Å²) in [6.45, 7) is 0. The molecule has 0 bridgehead atoms. The molecule has 0 saturated carbocycles. The molecule has 0 aliphatic carbocycles. The Labute approximate surface area is 111 Å². The standard InChI is InChI=1S/C11H13FSi.CH3.Mg/c12-11-3-1-9(2-4-11)10-5-7-13-8-6-10;;/h1-4,10H,5-8H2;1H3;/q2*-1;+2. The summed E-state index contributed by atoms with van der Waals surface area (Å²) in [5.74, 6) is 0.572. The number of hydrogen-bond acceptors (Lipinski definition) is 0. The maximum Gasteiger partial charge on any atom is 2.00 e. The van der Waals surface area contributed by atoms with Gasteiger partial charge in [-0.1, -0.05) is 25.0 Å². The molecule has 0 amide bonds. The van der Waals surface area contributed by atoms with Crippen LogP contribution in [-0.4, -0.2) is 32.6 Å². The first-order valence-electron chi connectivity index (χ1n) is 4.82. The Kier molecular flexibility index (Phi) is 7.48. The van der Waals surface area contributed by atoms with Gasteiger partial charge in [0.1, 0.15) is 5.82 Å². The Morgan fingerprint density at radius 1 is 1.07 bits per heavy atom. The van der Waals surface area contributed by atoms with Crippen LogP contribution in [0.4, 0.5) is 4.39 Å². The third-order valence-corrected chi connectivity index (χ3v) is 3.97. The van der Waals surface area contributed by atoms with E-state index in [2.05, 4.69) is 0 Å². The Bertz CT molecular complexity index is 267. The van der Waals surface area contributed by atoms with Crippen molar-refractivity contribution in [3.05, 3.63) is 43.1 Å². The topological polar surface area (TPSA) is 0 Å². The normalized spacial score (nSPS) is 16.3. The van der Waals surface area contributed by atoms with Crippen LogP contribution in [0.5, 0.6) is 0 Å². The summed E-state index contributed by atoms with van der Waals surface area (Å²) in [6, 6.07) is 9.76. The van der Waals surface area contributed by atoms with Gasteiger partial charge in [0, 0.05) is 0 Å². The first-order chi connectivity index (χ1) is 6.36. The Morgan fingerprint density at radius 3 is 2.13 bits per heavy atom. The van der Waals surface area contributed by atoms with Gasteiger partial charge in [0.05, 0.1) is 0 Å². The molecule has 0 spiro atoms. The van der Waals surface area contributed by atoms with Gasteiger partial charge in [-0.2, -0.15) is 0 Å². The molecular weight excluding hydrogens is 216 g/mol. The molecule has 0 aromatic heterocycles. The predicted molar refractivity (Wildman–Crippen MR) is 65.9 cm³/mol. The van der Waals surface area contributed by atoms with Crippen LogP contribution in [0.25, 0.3) is 0 Å². The van der Waals surface area contributed by atoms with Crippen LogP contribution in [0.3, 0.4) is 0 Å². The zero-order valence-electron chi connectivity index (χ0n) is 9.30. The number of rotatable bonds is 1. The minimum atomic E-state index is -0.124. The maximum absolute atomic E-state index is 12.7. The van der Waals surface area contributed by atoms with Gasteiger partial charge in [-0.15, -0.1) is 0 Å². The smallest absolute Gasteiger partial charge is 0.429 e. The van der Waals surface area contributed by atoms with E-state index < -0.39 is 0 Å². The molecule has 15 heavy (non-hydrogen) atoms.